The standard InChI is InChI=1S/C19H20O2/c1-12-5-7-17-16(8-12)10-15-6-4-13(2)9-18(15)19(17)21-11-14(3)20/h4-10,14,20H,11H2,1-3H3. The van der Waals surface area contributed by atoms with Crippen molar-refractivity contribution in [2.75, 3.05) is 6.61 Å². The highest BCUT2D eigenvalue weighted by atomic mass is 16.5. The summed E-state index contributed by atoms with van der Waals surface area (Å²) in [5.41, 5.74) is 2.44. The molecule has 0 aromatic heterocycles. The number of ether oxygens (including phenoxy) is 1. The fourth-order valence-electron chi connectivity index (χ4n) is 2.67. The van der Waals surface area contributed by atoms with E-state index < -0.39 is 6.10 Å². The molecule has 3 aromatic rings. The molecule has 2 nitrogen and oxygen atoms in total. The molecule has 0 heterocycles. The van der Waals surface area contributed by atoms with Crippen LogP contribution >= 0.6 is 0 Å². The van der Waals surface area contributed by atoms with Crippen molar-refractivity contribution in [3.8, 4) is 5.75 Å². The molecule has 3 aromatic carbocycles. The summed E-state index contributed by atoms with van der Waals surface area (Å²) in [7, 11) is 0. The molecule has 0 saturated heterocycles. The van der Waals surface area contributed by atoms with Gasteiger partial charge in [-0.3, -0.25) is 0 Å². The maximum atomic E-state index is 9.53. The molecule has 0 aliphatic rings. The van der Waals surface area contributed by atoms with Crippen LogP contribution in [0.1, 0.15) is 18.1 Å². The second kappa shape index (κ2) is 5.38. The first kappa shape index (κ1) is 13.9. The lowest BCUT2D eigenvalue weighted by molar-refractivity contribution is 0.124. The Kier molecular flexibility index (Phi) is 3.56. The summed E-state index contributed by atoms with van der Waals surface area (Å²) >= 11 is 0. The molecule has 0 aliphatic carbocycles. The molecule has 0 saturated carbocycles. The van der Waals surface area contributed by atoms with Gasteiger partial charge < -0.3 is 9.84 Å². The van der Waals surface area contributed by atoms with Crippen molar-refractivity contribution < 1.29 is 9.84 Å². The summed E-state index contributed by atoms with van der Waals surface area (Å²) in [5.74, 6) is 0.868. The lowest BCUT2D eigenvalue weighted by atomic mass is 9.99. The third kappa shape index (κ3) is 2.72. The molecule has 1 N–H and O–H groups in total. The maximum Gasteiger partial charge on any atom is 0.135 e. The van der Waals surface area contributed by atoms with E-state index in [1.807, 2.05) is 0 Å². The van der Waals surface area contributed by atoms with Gasteiger partial charge in [-0.2, -0.15) is 0 Å². The van der Waals surface area contributed by atoms with Crippen molar-refractivity contribution in [2.24, 2.45) is 0 Å². The molecular formula is C19H20O2. The van der Waals surface area contributed by atoms with Crippen LogP contribution in [0.25, 0.3) is 21.5 Å². The molecule has 0 fully saturated rings. The van der Waals surface area contributed by atoms with E-state index in [9.17, 15) is 5.11 Å². The summed E-state index contributed by atoms with van der Waals surface area (Å²) in [6.07, 6.45) is -0.481. The van der Waals surface area contributed by atoms with Crippen LogP contribution in [0.2, 0.25) is 0 Å². The van der Waals surface area contributed by atoms with Crippen LogP contribution in [0.5, 0.6) is 5.75 Å². The Balaban J connectivity index is 2.31. The second-order valence-corrected chi connectivity index (χ2v) is 5.81. The van der Waals surface area contributed by atoms with Crippen LogP contribution in [0.4, 0.5) is 0 Å². The van der Waals surface area contributed by atoms with E-state index in [0.29, 0.717) is 6.61 Å². The number of rotatable bonds is 3. The van der Waals surface area contributed by atoms with Crippen molar-refractivity contribution in [1.29, 1.82) is 0 Å². The molecule has 21 heavy (non-hydrogen) atoms. The second-order valence-electron chi connectivity index (χ2n) is 5.81. The van der Waals surface area contributed by atoms with E-state index in [4.69, 9.17) is 4.74 Å². The molecule has 108 valence electrons. The topological polar surface area (TPSA) is 29.5 Å². The Bertz CT molecular complexity index is 803. The first-order valence-corrected chi connectivity index (χ1v) is 7.29. The van der Waals surface area contributed by atoms with Gasteiger partial charge in [-0.1, -0.05) is 41.5 Å². The zero-order valence-corrected chi connectivity index (χ0v) is 12.7. The van der Waals surface area contributed by atoms with Gasteiger partial charge in [0.2, 0.25) is 0 Å². The maximum absolute atomic E-state index is 9.53. The Morgan fingerprint density at radius 2 is 1.62 bits per heavy atom. The van der Waals surface area contributed by atoms with Crippen molar-refractivity contribution in [3.05, 3.63) is 53.6 Å². The summed E-state index contributed by atoms with van der Waals surface area (Å²) in [5, 5.41) is 14.1. The van der Waals surface area contributed by atoms with Gasteiger partial charge in [0.05, 0.1) is 6.10 Å². The smallest absolute Gasteiger partial charge is 0.135 e. The first-order valence-electron chi connectivity index (χ1n) is 7.29. The largest absolute Gasteiger partial charge is 0.490 e. The van der Waals surface area contributed by atoms with Gasteiger partial charge in [0.1, 0.15) is 12.4 Å². The van der Waals surface area contributed by atoms with E-state index >= 15 is 0 Å². The minimum Gasteiger partial charge on any atom is -0.490 e. The number of benzene rings is 3. The molecule has 1 atom stereocenters. The van der Waals surface area contributed by atoms with Crippen molar-refractivity contribution in [1.82, 2.24) is 0 Å². The van der Waals surface area contributed by atoms with Gasteiger partial charge >= 0.3 is 0 Å². The molecule has 3 rings (SSSR count). The minimum atomic E-state index is -0.481. The monoisotopic (exact) mass is 280 g/mol. The van der Waals surface area contributed by atoms with Gasteiger partial charge in [0, 0.05) is 10.8 Å². The number of aryl methyl sites for hydroxylation is 2. The summed E-state index contributed by atoms with van der Waals surface area (Å²) in [4.78, 5) is 0. The Labute approximate surface area is 125 Å². The van der Waals surface area contributed by atoms with E-state index in [1.165, 1.54) is 21.9 Å². The highest BCUT2D eigenvalue weighted by molar-refractivity contribution is 6.05. The highest BCUT2D eigenvalue weighted by Gasteiger charge is 2.10. The van der Waals surface area contributed by atoms with Gasteiger partial charge in [0.25, 0.3) is 0 Å². The summed E-state index contributed by atoms with van der Waals surface area (Å²) in [6.45, 7) is 6.21. The quantitative estimate of drug-likeness (QED) is 0.722. The Hall–Kier alpha value is -2.06. The molecular weight excluding hydrogens is 260 g/mol. The minimum absolute atomic E-state index is 0.302. The predicted octanol–water partition coefficient (Wildman–Crippen LogP) is 4.37. The van der Waals surface area contributed by atoms with Gasteiger partial charge in [0.15, 0.2) is 0 Å². The van der Waals surface area contributed by atoms with Crippen molar-refractivity contribution in [2.45, 2.75) is 26.9 Å². The van der Waals surface area contributed by atoms with Gasteiger partial charge in [-0.05, 0) is 43.7 Å². The molecule has 0 aliphatic heterocycles. The van der Waals surface area contributed by atoms with Crippen LogP contribution in [0.15, 0.2) is 42.5 Å². The SMILES string of the molecule is Cc1ccc2c(OCC(C)O)c3cc(C)ccc3cc2c1. The third-order valence-corrected chi connectivity index (χ3v) is 3.68. The van der Waals surface area contributed by atoms with E-state index in [-0.39, 0.29) is 0 Å². The molecule has 0 bridgehead atoms. The number of fused-ring (bicyclic) bond motifs is 2. The number of aliphatic hydroxyl groups is 1. The predicted molar refractivity (Wildman–Crippen MR) is 88.1 cm³/mol. The summed E-state index contributed by atoms with van der Waals surface area (Å²) < 4.78 is 5.94. The van der Waals surface area contributed by atoms with E-state index in [0.717, 1.165) is 16.5 Å². The van der Waals surface area contributed by atoms with E-state index in [1.54, 1.807) is 6.92 Å². The van der Waals surface area contributed by atoms with E-state index in [2.05, 4.69) is 56.3 Å². The van der Waals surface area contributed by atoms with Crippen LogP contribution in [0, 0.1) is 13.8 Å². The number of hydrogen-bond acceptors (Lipinski definition) is 2. The average molecular weight is 280 g/mol. The van der Waals surface area contributed by atoms with Gasteiger partial charge in [-0.15, -0.1) is 0 Å². The van der Waals surface area contributed by atoms with Crippen molar-refractivity contribution >= 4 is 21.5 Å². The zero-order valence-electron chi connectivity index (χ0n) is 12.7. The first-order chi connectivity index (χ1) is 10.0. The van der Waals surface area contributed by atoms with Crippen LogP contribution < -0.4 is 4.74 Å². The average Bonchev–Trinajstić information content (AvgIpc) is 2.43. The highest BCUT2D eigenvalue weighted by Crippen LogP contribution is 2.36. The van der Waals surface area contributed by atoms with Gasteiger partial charge in [-0.25, -0.2) is 0 Å². The molecule has 0 amide bonds. The van der Waals surface area contributed by atoms with Crippen LogP contribution in [0.3, 0.4) is 0 Å². The normalized spacial score (nSPS) is 12.8. The number of aliphatic hydroxyl groups excluding tert-OH is 1. The lowest BCUT2D eigenvalue weighted by Gasteiger charge is -2.15. The Morgan fingerprint density at radius 1 is 0.905 bits per heavy atom. The molecule has 2 heteroatoms. The lowest BCUT2D eigenvalue weighted by Crippen LogP contribution is -2.13. The molecule has 1 unspecified atom stereocenters. The van der Waals surface area contributed by atoms with Crippen LogP contribution in [-0.2, 0) is 0 Å². The zero-order chi connectivity index (χ0) is 15.0. The van der Waals surface area contributed by atoms with Crippen LogP contribution in [-0.4, -0.2) is 17.8 Å². The van der Waals surface area contributed by atoms with Crippen molar-refractivity contribution in [3.63, 3.8) is 0 Å². The fourth-order valence-corrected chi connectivity index (χ4v) is 2.67. The summed E-state index contributed by atoms with van der Waals surface area (Å²) in [6, 6.07) is 15.0. The molecule has 0 spiro atoms. The number of hydrogen-bond donors (Lipinski definition) is 1. The molecule has 0 radical (unpaired) electrons. The fraction of sp³-hybridized carbons (Fsp3) is 0.263. The third-order valence-electron chi connectivity index (χ3n) is 3.68. The Morgan fingerprint density at radius 3 is 2.38 bits per heavy atom.